The van der Waals surface area contributed by atoms with Gasteiger partial charge in [-0.1, -0.05) is 37.5 Å². The van der Waals surface area contributed by atoms with Gasteiger partial charge in [0.1, 0.15) is 0 Å². The van der Waals surface area contributed by atoms with Crippen LogP contribution in [0.1, 0.15) is 50.2 Å². The van der Waals surface area contributed by atoms with Gasteiger partial charge in [-0.25, -0.2) is 4.79 Å². The maximum absolute atomic E-state index is 12.3. The third-order valence-corrected chi connectivity index (χ3v) is 7.04. The molecule has 0 aliphatic heterocycles. The number of nitrogens with one attached hydrogen (secondary N) is 3. The summed E-state index contributed by atoms with van der Waals surface area (Å²) in [5.74, 6) is -1.68. The molecule has 3 rings (SSSR count). The number of oxazole rings is 1. The van der Waals surface area contributed by atoms with Gasteiger partial charge in [0.05, 0.1) is 71.3 Å². The van der Waals surface area contributed by atoms with Crippen LogP contribution in [0.2, 0.25) is 0 Å². The van der Waals surface area contributed by atoms with Crippen LogP contribution in [0.25, 0.3) is 11.1 Å². The van der Waals surface area contributed by atoms with Gasteiger partial charge in [-0.05, 0) is 48.7 Å². The van der Waals surface area contributed by atoms with Crippen molar-refractivity contribution in [1.29, 1.82) is 0 Å². The molecule has 0 aliphatic carbocycles. The number of unbranched alkanes of at least 4 members (excludes halogenated alkanes) is 2. The number of phenols is 1. The minimum Gasteiger partial charge on any atom is -0.504 e. The third kappa shape index (κ3) is 15.4. The number of hydrogen-bond acceptors (Lipinski definition) is 13. The molecular formula is C34H48N4O12. The number of nitrogens with zero attached hydrogens (tertiary/aromatic N) is 1. The summed E-state index contributed by atoms with van der Waals surface area (Å²) in [5, 5.41) is 13.1. The number of ether oxygens (including phenoxy) is 5. The predicted molar refractivity (Wildman–Crippen MR) is 180 cm³/mol. The van der Waals surface area contributed by atoms with E-state index in [2.05, 4.69) is 16.3 Å². The normalized spacial score (nSPS) is 11.1. The molecule has 1 aromatic heterocycles. The van der Waals surface area contributed by atoms with E-state index in [1.165, 1.54) is 10.6 Å². The molecule has 0 bridgehead atoms. The molecule has 0 unspecified atom stereocenters. The van der Waals surface area contributed by atoms with Crippen molar-refractivity contribution in [3.63, 3.8) is 0 Å². The second-order valence-corrected chi connectivity index (χ2v) is 11.1. The fourth-order valence-corrected chi connectivity index (χ4v) is 4.44. The third-order valence-electron chi connectivity index (χ3n) is 7.04. The highest BCUT2D eigenvalue weighted by atomic mass is 16.7. The van der Waals surface area contributed by atoms with Crippen LogP contribution in [-0.2, 0) is 44.7 Å². The van der Waals surface area contributed by atoms with E-state index in [4.69, 9.17) is 32.9 Å². The zero-order valence-corrected chi connectivity index (χ0v) is 28.7. The number of amides is 2. The zero-order chi connectivity index (χ0) is 36.0. The minimum atomic E-state index is -0.491. The zero-order valence-electron chi connectivity index (χ0n) is 28.7. The van der Waals surface area contributed by atoms with Gasteiger partial charge in [-0.2, -0.15) is 0 Å². The fourth-order valence-electron chi connectivity index (χ4n) is 4.44. The van der Waals surface area contributed by atoms with E-state index < -0.39 is 11.7 Å². The quantitative estimate of drug-likeness (QED) is 0.0702. The van der Waals surface area contributed by atoms with Gasteiger partial charge in [0, 0.05) is 13.0 Å². The minimum absolute atomic E-state index is 0.0953. The smallest absolute Gasteiger partial charge is 0.420 e. The maximum Gasteiger partial charge on any atom is 0.420 e. The van der Waals surface area contributed by atoms with Crippen molar-refractivity contribution >= 4 is 28.9 Å². The second-order valence-electron chi connectivity index (χ2n) is 11.1. The average molecular weight is 705 g/mol. The van der Waals surface area contributed by atoms with Crippen molar-refractivity contribution in [3.8, 4) is 11.5 Å². The van der Waals surface area contributed by atoms with Crippen LogP contribution < -0.4 is 26.8 Å². The maximum atomic E-state index is 12.3. The first-order valence-electron chi connectivity index (χ1n) is 16.6. The number of aromatic nitrogens is 1. The van der Waals surface area contributed by atoms with Gasteiger partial charge >= 0.3 is 11.7 Å². The number of carbonyl (C=O) groups excluding carboxylic acids is 3. The number of benzene rings is 2. The summed E-state index contributed by atoms with van der Waals surface area (Å²) in [6.07, 6.45) is 3.09. The summed E-state index contributed by atoms with van der Waals surface area (Å²) in [4.78, 5) is 52.2. The number of aromatic hydroxyl groups is 1. The van der Waals surface area contributed by atoms with Crippen molar-refractivity contribution in [3.05, 3.63) is 58.1 Å². The lowest BCUT2D eigenvalue weighted by atomic mass is 10.2. The largest absolute Gasteiger partial charge is 0.504 e. The summed E-state index contributed by atoms with van der Waals surface area (Å²) in [6, 6.07) is 10.2. The molecular weight excluding hydrogens is 656 g/mol. The predicted octanol–water partition coefficient (Wildman–Crippen LogP) is 2.27. The van der Waals surface area contributed by atoms with E-state index in [0.29, 0.717) is 62.7 Å². The molecule has 4 N–H and O–H groups in total. The van der Waals surface area contributed by atoms with Crippen LogP contribution >= 0.6 is 0 Å². The lowest BCUT2D eigenvalue weighted by molar-refractivity contribution is -0.155. The average Bonchev–Trinajstić information content (AvgIpc) is 3.39. The first-order chi connectivity index (χ1) is 24.3. The number of aryl methyl sites for hydroxylation is 1. The molecule has 1 heterocycles. The van der Waals surface area contributed by atoms with E-state index >= 15 is 0 Å². The Labute approximate surface area is 290 Å². The van der Waals surface area contributed by atoms with E-state index in [0.717, 1.165) is 24.8 Å². The summed E-state index contributed by atoms with van der Waals surface area (Å²) >= 11 is 0. The second kappa shape index (κ2) is 23.0. The Kier molecular flexibility index (Phi) is 18.4. The van der Waals surface area contributed by atoms with E-state index in [-0.39, 0.29) is 62.6 Å². The topological polar surface area (TPSA) is 198 Å². The van der Waals surface area contributed by atoms with Gasteiger partial charge in [0.15, 0.2) is 23.7 Å². The summed E-state index contributed by atoms with van der Waals surface area (Å²) in [7, 11) is 0. The molecule has 0 aliphatic rings. The number of fused-ring (bicyclic) bond motifs is 1. The van der Waals surface area contributed by atoms with Gasteiger partial charge in [-0.15, -0.1) is 0 Å². The van der Waals surface area contributed by atoms with Gasteiger partial charge < -0.3 is 43.4 Å². The van der Waals surface area contributed by atoms with Crippen molar-refractivity contribution in [2.45, 2.75) is 52.5 Å². The number of hydrogen-bond donors (Lipinski definition) is 4. The lowest BCUT2D eigenvalue weighted by Crippen LogP contribution is -2.39. The molecule has 16 heteroatoms. The Bertz CT molecular complexity index is 1540. The monoisotopic (exact) mass is 704 g/mol. The Morgan fingerprint density at radius 1 is 0.840 bits per heavy atom. The van der Waals surface area contributed by atoms with Crippen LogP contribution in [-0.4, -0.2) is 93.5 Å². The highest BCUT2D eigenvalue weighted by Gasteiger charge is 2.12. The Morgan fingerprint density at radius 2 is 1.54 bits per heavy atom. The van der Waals surface area contributed by atoms with Crippen molar-refractivity contribution < 1.29 is 52.4 Å². The Balaban J connectivity index is 1.12. The molecule has 0 spiro atoms. The van der Waals surface area contributed by atoms with Crippen molar-refractivity contribution in [1.82, 2.24) is 20.9 Å². The molecule has 0 saturated heterocycles. The molecule has 2 aromatic carbocycles. The van der Waals surface area contributed by atoms with Crippen LogP contribution in [0.5, 0.6) is 11.5 Å². The number of phenolic OH excluding ortho intramolecular Hbond substituents is 1. The first kappa shape index (κ1) is 40.0. The fraction of sp³-hybridized carbons (Fsp3) is 0.529. The lowest BCUT2D eigenvalue weighted by Gasteiger charge is -2.11. The highest BCUT2D eigenvalue weighted by Crippen LogP contribution is 2.27. The SMILES string of the molecule is CCCCCC(=O)ONNC(=O)CCOCCOCCOCCOCCNC(=O)COc1ccc(Cn2c(=O)oc3ccc(C)cc32)cc1O. The van der Waals surface area contributed by atoms with Gasteiger partial charge in [-0.3, -0.25) is 24.4 Å². The molecule has 0 fully saturated rings. The van der Waals surface area contributed by atoms with Crippen LogP contribution in [0.3, 0.4) is 0 Å². The molecule has 3 aromatic rings. The summed E-state index contributed by atoms with van der Waals surface area (Å²) in [6.45, 7) is 6.70. The first-order valence-corrected chi connectivity index (χ1v) is 16.6. The van der Waals surface area contributed by atoms with E-state index in [1.807, 2.05) is 26.0 Å². The van der Waals surface area contributed by atoms with Crippen molar-refractivity contribution in [2.75, 3.05) is 66.0 Å². The standard InChI is InChI=1S/C34H48N4O12/c1-3-4-5-6-33(42)50-37-36-31(40)11-13-44-15-17-46-19-20-47-18-16-45-14-12-35-32(41)24-48-30-10-8-26(22-28(30)39)23-38-27-21-25(2)7-9-29(27)49-34(38)43/h7-10,21-22,37,39H,3-6,11-20,23-24H2,1-2H3,(H,35,41)(H,36,40). The van der Waals surface area contributed by atoms with Crippen LogP contribution in [0.15, 0.2) is 45.6 Å². The number of carbonyl (C=O) groups is 3. The molecule has 0 saturated carbocycles. The number of hydrazine groups is 1. The molecule has 276 valence electrons. The molecule has 16 nitrogen and oxygen atoms in total. The van der Waals surface area contributed by atoms with Crippen LogP contribution in [0, 0.1) is 6.92 Å². The van der Waals surface area contributed by atoms with Gasteiger partial charge in [0.25, 0.3) is 5.91 Å². The molecule has 2 amide bonds. The summed E-state index contributed by atoms with van der Waals surface area (Å²) in [5.41, 5.74) is 7.22. The molecule has 0 radical (unpaired) electrons. The van der Waals surface area contributed by atoms with E-state index in [9.17, 15) is 24.3 Å². The van der Waals surface area contributed by atoms with Crippen molar-refractivity contribution in [2.24, 2.45) is 0 Å². The molecule has 0 atom stereocenters. The Morgan fingerprint density at radius 3 is 2.24 bits per heavy atom. The number of rotatable bonds is 26. The van der Waals surface area contributed by atoms with Gasteiger partial charge in [0.2, 0.25) is 5.91 Å². The summed E-state index contributed by atoms with van der Waals surface area (Å²) < 4.78 is 33.8. The highest BCUT2D eigenvalue weighted by molar-refractivity contribution is 5.77. The van der Waals surface area contributed by atoms with E-state index in [1.54, 1.807) is 18.2 Å². The Hall–Kier alpha value is -4.48. The van der Waals surface area contributed by atoms with Crippen LogP contribution in [0.4, 0.5) is 0 Å². The molecule has 50 heavy (non-hydrogen) atoms.